The third kappa shape index (κ3) is 4.74. The first-order valence-corrected chi connectivity index (χ1v) is 6.67. The van der Waals surface area contributed by atoms with Crippen molar-refractivity contribution in [2.75, 3.05) is 18.5 Å². The van der Waals surface area contributed by atoms with Crippen molar-refractivity contribution in [1.29, 1.82) is 0 Å². The van der Waals surface area contributed by atoms with E-state index in [1.807, 2.05) is 13.8 Å². The van der Waals surface area contributed by atoms with Gasteiger partial charge in [-0.15, -0.1) is 0 Å². The van der Waals surface area contributed by atoms with E-state index in [4.69, 9.17) is 4.74 Å². The maximum atomic E-state index is 13.3. The van der Waals surface area contributed by atoms with Gasteiger partial charge in [-0.25, -0.2) is 4.39 Å². The summed E-state index contributed by atoms with van der Waals surface area (Å²) in [5.74, 6) is -0.509. The van der Waals surface area contributed by atoms with Gasteiger partial charge in [-0.05, 0) is 53.9 Å². The molecule has 0 aliphatic heterocycles. The van der Waals surface area contributed by atoms with Gasteiger partial charge in [0, 0.05) is 25.3 Å². The summed E-state index contributed by atoms with van der Waals surface area (Å²) >= 11 is 3.10. The topological polar surface area (TPSA) is 38.3 Å². The highest BCUT2D eigenvalue weighted by atomic mass is 79.9. The van der Waals surface area contributed by atoms with Crippen LogP contribution in [0, 0.1) is 12.7 Å². The van der Waals surface area contributed by atoms with Crippen molar-refractivity contribution in [1.82, 2.24) is 0 Å². The number of hydrogen-bond donors (Lipinski definition) is 1. The molecule has 1 N–H and O–H groups in total. The summed E-state index contributed by atoms with van der Waals surface area (Å²) < 4.78 is 18.9. The van der Waals surface area contributed by atoms with Gasteiger partial charge < -0.3 is 10.1 Å². The van der Waals surface area contributed by atoms with Crippen LogP contribution in [0.2, 0.25) is 0 Å². The predicted molar refractivity (Wildman–Crippen MR) is 73.2 cm³/mol. The lowest BCUT2D eigenvalue weighted by molar-refractivity contribution is -0.116. The Labute approximate surface area is 115 Å². The van der Waals surface area contributed by atoms with E-state index in [0.717, 1.165) is 5.56 Å². The molecule has 0 spiro atoms. The van der Waals surface area contributed by atoms with Crippen LogP contribution in [0.4, 0.5) is 10.1 Å². The minimum atomic E-state index is -0.384. The lowest BCUT2D eigenvalue weighted by Gasteiger charge is -2.09. The molecule has 1 amide bonds. The molecule has 1 aromatic rings. The molecular formula is C13H17BrFNO2. The standard InChI is InChI=1S/C13H17BrFNO2/c1-3-18-6-4-5-13(17)16-12-8-11(15)10(14)7-9(12)2/h7-8H,3-6H2,1-2H3,(H,16,17). The van der Waals surface area contributed by atoms with Crippen molar-refractivity contribution >= 4 is 27.5 Å². The zero-order valence-corrected chi connectivity index (χ0v) is 12.1. The normalized spacial score (nSPS) is 10.4. The van der Waals surface area contributed by atoms with E-state index in [-0.39, 0.29) is 11.7 Å². The molecular weight excluding hydrogens is 301 g/mol. The van der Waals surface area contributed by atoms with E-state index in [1.165, 1.54) is 6.07 Å². The number of carbonyl (C=O) groups is 1. The van der Waals surface area contributed by atoms with E-state index in [0.29, 0.717) is 36.2 Å². The summed E-state index contributed by atoms with van der Waals surface area (Å²) in [6, 6.07) is 2.96. The smallest absolute Gasteiger partial charge is 0.224 e. The number of rotatable bonds is 6. The summed E-state index contributed by atoms with van der Waals surface area (Å²) in [6.07, 6.45) is 1.04. The average molecular weight is 318 g/mol. The van der Waals surface area contributed by atoms with Crippen molar-refractivity contribution in [3.63, 3.8) is 0 Å². The van der Waals surface area contributed by atoms with Gasteiger partial charge in [-0.3, -0.25) is 4.79 Å². The second-order valence-corrected chi connectivity index (χ2v) is 4.78. The highest BCUT2D eigenvalue weighted by molar-refractivity contribution is 9.10. The number of ether oxygens (including phenoxy) is 1. The maximum absolute atomic E-state index is 13.3. The molecule has 0 bridgehead atoms. The highest BCUT2D eigenvalue weighted by Gasteiger charge is 2.08. The molecule has 1 aromatic carbocycles. The molecule has 3 nitrogen and oxygen atoms in total. The van der Waals surface area contributed by atoms with Crippen LogP contribution < -0.4 is 5.32 Å². The van der Waals surface area contributed by atoms with E-state index in [1.54, 1.807) is 6.07 Å². The third-order valence-electron chi connectivity index (χ3n) is 2.44. The van der Waals surface area contributed by atoms with Crippen LogP contribution in [0.3, 0.4) is 0 Å². The number of halogens is 2. The van der Waals surface area contributed by atoms with Gasteiger partial charge in [0.05, 0.1) is 4.47 Å². The molecule has 0 heterocycles. The zero-order chi connectivity index (χ0) is 13.5. The Morgan fingerprint density at radius 1 is 1.50 bits per heavy atom. The number of hydrogen-bond acceptors (Lipinski definition) is 2. The molecule has 100 valence electrons. The largest absolute Gasteiger partial charge is 0.382 e. The van der Waals surface area contributed by atoms with Gasteiger partial charge in [0.15, 0.2) is 0 Å². The monoisotopic (exact) mass is 317 g/mol. The van der Waals surface area contributed by atoms with Gasteiger partial charge >= 0.3 is 0 Å². The first kappa shape index (κ1) is 15.1. The summed E-state index contributed by atoms with van der Waals surface area (Å²) in [4.78, 5) is 11.6. The van der Waals surface area contributed by atoms with Crippen molar-refractivity contribution in [2.45, 2.75) is 26.7 Å². The van der Waals surface area contributed by atoms with E-state index in [9.17, 15) is 9.18 Å². The van der Waals surface area contributed by atoms with Crippen molar-refractivity contribution in [3.05, 3.63) is 28.0 Å². The minimum absolute atomic E-state index is 0.125. The lowest BCUT2D eigenvalue weighted by Crippen LogP contribution is -2.13. The van der Waals surface area contributed by atoms with Crippen LogP contribution >= 0.6 is 15.9 Å². The van der Waals surface area contributed by atoms with Gasteiger partial charge in [-0.2, -0.15) is 0 Å². The lowest BCUT2D eigenvalue weighted by atomic mass is 10.2. The molecule has 0 fully saturated rings. The summed E-state index contributed by atoms with van der Waals surface area (Å²) in [5, 5.41) is 2.70. The molecule has 0 unspecified atom stereocenters. The number of amides is 1. The Morgan fingerprint density at radius 3 is 2.89 bits per heavy atom. The molecule has 0 aliphatic rings. The Bertz CT molecular complexity index is 424. The number of aryl methyl sites for hydroxylation is 1. The van der Waals surface area contributed by atoms with Crippen LogP contribution in [-0.4, -0.2) is 19.1 Å². The van der Waals surface area contributed by atoms with Crippen LogP contribution in [0.1, 0.15) is 25.3 Å². The van der Waals surface area contributed by atoms with Crippen LogP contribution in [0.25, 0.3) is 0 Å². The molecule has 18 heavy (non-hydrogen) atoms. The molecule has 0 atom stereocenters. The highest BCUT2D eigenvalue weighted by Crippen LogP contribution is 2.24. The molecule has 0 radical (unpaired) electrons. The Balaban J connectivity index is 2.51. The SMILES string of the molecule is CCOCCCC(=O)Nc1cc(F)c(Br)cc1C. The molecule has 1 rings (SSSR count). The van der Waals surface area contributed by atoms with Crippen molar-refractivity contribution in [2.24, 2.45) is 0 Å². The fraction of sp³-hybridized carbons (Fsp3) is 0.462. The molecule has 0 saturated carbocycles. The number of benzene rings is 1. The molecule has 0 saturated heterocycles. The molecule has 0 aromatic heterocycles. The number of nitrogens with one attached hydrogen (secondary N) is 1. The second-order valence-electron chi connectivity index (χ2n) is 3.93. The van der Waals surface area contributed by atoms with E-state index in [2.05, 4.69) is 21.2 Å². The van der Waals surface area contributed by atoms with E-state index >= 15 is 0 Å². The number of anilines is 1. The third-order valence-corrected chi connectivity index (χ3v) is 3.05. The number of carbonyl (C=O) groups excluding carboxylic acids is 1. The van der Waals surface area contributed by atoms with Gasteiger partial charge in [0.25, 0.3) is 0 Å². The van der Waals surface area contributed by atoms with Gasteiger partial charge in [0.1, 0.15) is 5.82 Å². The molecule has 0 aliphatic carbocycles. The van der Waals surface area contributed by atoms with Crippen molar-refractivity contribution < 1.29 is 13.9 Å². The summed E-state index contributed by atoms with van der Waals surface area (Å²) in [7, 11) is 0. The first-order chi connectivity index (χ1) is 8.54. The van der Waals surface area contributed by atoms with Gasteiger partial charge in [0.2, 0.25) is 5.91 Å². The molecule has 5 heteroatoms. The second kappa shape index (κ2) is 7.48. The summed E-state index contributed by atoms with van der Waals surface area (Å²) in [6.45, 7) is 4.95. The Kier molecular flexibility index (Phi) is 6.29. The van der Waals surface area contributed by atoms with Crippen LogP contribution in [0.5, 0.6) is 0 Å². The summed E-state index contributed by atoms with van der Waals surface area (Å²) in [5.41, 5.74) is 1.33. The van der Waals surface area contributed by atoms with Crippen LogP contribution in [0.15, 0.2) is 16.6 Å². The Hall–Kier alpha value is -0.940. The van der Waals surface area contributed by atoms with E-state index < -0.39 is 0 Å². The predicted octanol–water partition coefficient (Wildman–Crippen LogP) is 3.65. The maximum Gasteiger partial charge on any atom is 0.224 e. The zero-order valence-electron chi connectivity index (χ0n) is 10.6. The van der Waals surface area contributed by atoms with Gasteiger partial charge in [-0.1, -0.05) is 0 Å². The fourth-order valence-electron chi connectivity index (χ4n) is 1.47. The van der Waals surface area contributed by atoms with Crippen LogP contribution in [-0.2, 0) is 9.53 Å². The average Bonchev–Trinajstić information content (AvgIpc) is 2.32. The minimum Gasteiger partial charge on any atom is -0.382 e. The first-order valence-electron chi connectivity index (χ1n) is 5.87. The Morgan fingerprint density at radius 2 is 2.22 bits per heavy atom. The quantitative estimate of drug-likeness (QED) is 0.813. The van der Waals surface area contributed by atoms with Crippen molar-refractivity contribution in [3.8, 4) is 0 Å². The fourth-order valence-corrected chi connectivity index (χ4v) is 1.93.